The maximum absolute atomic E-state index is 11.2. The van der Waals surface area contributed by atoms with Crippen molar-refractivity contribution in [2.75, 3.05) is 12.8 Å². The van der Waals surface area contributed by atoms with E-state index in [2.05, 4.69) is 10.3 Å². The number of rotatable bonds is 4. The van der Waals surface area contributed by atoms with Crippen molar-refractivity contribution in [2.24, 2.45) is 0 Å². The Morgan fingerprint density at radius 1 is 1.39 bits per heavy atom. The zero-order chi connectivity index (χ0) is 13.1. The molecule has 0 fully saturated rings. The SMILES string of the molecule is COc1ccc(Cn2nnc(C(C)=O)c2N)cc1. The van der Waals surface area contributed by atoms with Crippen molar-refractivity contribution < 1.29 is 9.53 Å². The van der Waals surface area contributed by atoms with Gasteiger partial charge in [-0.2, -0.15) is 0 Å². The molecule has 94 valence electrons. The Kier molecular flexibility index (Phi) is 3.27. The minimum atomic E-state index is -0.187. The van der Waals surface area contributed by atoms with Gasteiger partial charge in [-0.3, -0.25) is 4.79 Å². The Labute approximate surface area is 104 Å². The number of aromatic nitrogens is 3. The monoisotopic (exact) mass is 246 g/mol. The average Bonchev–Trinajstić information content (AvgIpc) is 2.72. The van der Waals surface area contributed by atoms with Crippen LogP contribution in [0.3, 0.4) is 0 Å². The summed E-state index contributed by atoms with van der Waals surface area (Å²) in [6, 6.07) is 7.53. The van der Waals surface area contributed by atoms with Gasteiger partial charge in [-0.25, -0.2) is 4.68 Å². The van der Waals surface area contributed by atoms with Crippen LogP contribution in [0, 0.1) is 0 Å². The van der Waals surface area contributed by atoms with Gasteiger partial charge in [0.25, 0.3) is 0 Å². The van der Waals surface area contributed by atoms with Crippen LogP contribution in [0.15, 0.2) is 24.3 Å². The van der Waals surface area contributed by atoms with Crippen molar-refractivity contribution >= 4 is 11.6 Å². The average molecular weight is 246 g/mol. The second-order valence-electron chi connectivity index (χ2n) is 3.89. The van der Waals surface area contributed by atoms with Gasteiger partial charge in [0.1, 0.15) is 5.75 Å². The maximum atomic E-state index is 11.2. The molecule has 6 heteroatoms. The molecule has 0 amide bonds. The summed E-state index contributed by atoms with van der Waals surface area (Å²) in [5, 5.41) is 7.62. The van der Waals surface area contributed by atoms with Crippen LogP contribution in [-0.4, -0.2) is 27.9 Å². The second-order valence-corrected chi connectivity index (χ2v) is 3.89. The lowest BCUT2D eigenvalue weighted by Gasteiger charge is -2.04. The van der Waals surface area contributed by atoms with Crippen LogP contribution in [0.25, 0.3) is 0 Å². The zero-order valence-electron chi connectivity index (χ0n) is 10.3. The van der Waals surface area contributed by atoms with Crippen molar-refractivity contribution in [1.82, 2.24) is 15.0 Å². The summed E-state index contributed by atoms with van der Waals surface area (Å²) in [6.45, 7) is 1.88. The molecule has 0 aliphatic rings. The largest absolute Gasteiger partial charge is 0.497 e. The van der Waals surface area contributed by atoms with Gasteiger partial charge in [0.05, 0.1) is 13.7 Å². The summed E-state index contributed by atoms with van der Waals surface area (Å²) < 4.78 is 6.57. The van der Waals surface area contributed by atoms with Crippen molar-refractivity contribution in [2.45, 2.75) is 13.5 Å². The van der Waals surface area contributed by atoms with E-state index in [4.69, 9.17) is 10.5 Å². The molecule has 0 spiro atoms. The van der Waals surface area contributed by atoms with E-state index in [-0.39, 0.29) is 11.5 Å². The third-order valence-corrected chi connectivity index (χ3v) is 2.60. The highest BCUT2D eigenvalue weighted by molar-refractivity contribution is 5.96. The smallest absolute Gasteiger partial charge is 0.183 e. The summed E-state index contributed by atoms with van der Waals surface area (Å²) in [4.78, 5) is 11.2. The summed E-state index contributed by atoms with van der Waals surface area (Å²) in [5.74, 6) is 0.890. The first-order valence-corrected chi connectivity index (χ1v) is 5.44. The lowest BCUT2D eigenvalue weighted by Crippen LogP contribution is -2.07. The maximum Gasteiger partial charge on any atom is 0.183 e. The standard InChI is InChI=1S/C12H14N4O2/c1-8(17)11-12(13)16(15-14-11)7-9-3-5-10(18-2)6-4-9/h3-6H,7,13H2,1-2H3. The molecule has 0 aliphatic heterocycles. The third kappa shape index (κ3) is 2.32. The van der Waals surface area contributed by atoms with Gasteiger partial charge in [0, 0.05) is 6.92 Å². The van der Waals surface area contributed by atoms with Gasteiger partial charge in [-0.05, 0) is 17.7 Å². The van der Waals surface area contributed by atoms with E-state index < -0.39 is 0 Å². The van der Waals surface area contributed by atoms with Crippen molar-refractivity contribution in [3.8, 4) is 5.75 Å². The lowest BCUT2D eigenvalue weighted by atomic mass is 10.2. The predicted molar refractivity (Wildman–Crippen MR) is 66.5 cm³/mol. The van der Waals surface area contributed by atoms with E-state index >= 15 is 0 Å². The molecule has 0 unspecified atom stereocenters. The van der Waals surface area contributed by atoms with Crippen molar-refractivity contribution in [1.29, 1.82) is 0 Å². The first kappa shape index (κ1) is 12.1. The molecule has 0 bridgehead atoms. The van der Waals surface area contributed by atoms with Crippen LogP contribution in [0.5, 0.6) is 5.75 Å². The number of hydrogen-bond acceptors (Lipinski definition) is 5. The number of ketones is 1. The van der Waals surface area contributed by atoms with E-state index in [1.165, 1.54) is 11.6 Å². The molecule has 2 N–H and O–H groups in total. The second kappa shape index (κ2) is 4.87. The molecule has 2 rings (SSSR count). The Balaban J connectivity index is 2.20. The fourth-order valence-corrected chi connectivity index (χ4v) is 1.59. The van der Waals surface area contributed by atoms with Crippen LogP contribution >= 0.6 is 0 Å². The molecule has 1 aromatic heterocycles. The van der Waals surface area contributed by atoms with E-state index in [1.54, 1.807) is 7.11 Å². The number of carbonyl (C=O) groups excluding carboxylic acids is 1. The van der Waals surface area contributed by atoms with Gasteiger partial charge in [-0.1, -0.05) is 17.3 Å². The highest BCUT2D eigenvalue weighted by Crippen LogP contribution is 2.14. The summed E-state index contributed by atoms with van der Waals surface area (Å²) in [5.41, 5.74) is 7.01. The van der Waals surface area contributed by atoms with Gasteiger partial charge in [0.15, 0.2) is 17.3 Å². The quantitative estimate of drug-likeness (QED) is 0.817. The topological polar surface area (TPSA) is 83.0 Å². The molecule has 1 heterocycles. The predicted octanol–water partition coefficient (Wildman–Crippen LogP) is 1.12. The molecule has 1 aromatic carbocycles. The van der Waals surface area contributed by atoms with Crippen LogP contribution in [0.2, 0.25) is 0 Å². The normalized spacial score (nSPS) is 10.3. The molecular formula is C12H14N4O2. The van der Waals surface area contributed by atoms with Gasteiger partial charge < -0.3 is 10.5 Å². The van der Waals surface area contributed by atoms with Crippen molar-refractivity contribution in [3.05, 3.63) is 35.5 Å². The van der Waals surface area contributed by atoms with Crippen LogP contribution in [-0.2, 0) is 6.54 Å². The highest BCUT2D eigenvalue weighted by Gasteiger charge is 2.13. The van der Waals surface area contributed by atoms with Gasteiger partial charge in [0.2, 0.25) is 0 Å². The number of anilines is 1. The molecule has 18 heavy (non-hydrogen) atoms. The number of methoxy groups -OCH3 is 1. The molecule has 2 aromatic rings. The fourth-order valence-electron chi connectivity index (χ4n) is 1.59. The minimum Gasteiger partial charge on any atom is -0.497 e. The molecule has 0 aliphatic carbocycles. The molecule has 0 atom stereocenters. The van der Waals surface area contributed by atoms with E-state index in [9.17, 15) is 4.79 Å². The van der Waals surface area contributed by atoms with Gasteiger partial charge in [-0.15, -0.1) is 5.10 Å². The number of nitrogen functional groups attached to an aromatic ring is 1. The Morgan fingerprint density at radius 3 is 2.56 bits per heavy atom. The van der Waals surface area contributed by atoms with E-state index in [0.717, 1.165) is 11.3 Å². The fraction of sp³-hybridized carbons (Fsp3) is 0.250. The number of nitrogens with two attached hydrogens (primary N) is 1. The molecule has 0 saturated heterocycles. The number of Topliss-reactive ketones (excluding diaryl/α,β-unsaturated/α-hetero) is 1. The van der Waals surface area contributed by atoms with Crippen LogP contribution in [0.1, 0.15) is 23.0 Å². The van der Waals surface area contributed by atoms with Gasteiger partial charge >= 0.3 is 0 Å². The number of benzene rings is 1. The highest BCUT2D eigenvalue weighted by atomic mass is 16.5. The number of nitrogens with zero attached hydrogens (tertiary/aromatic N) is 3. The first-order chi connectivity index (χ1) is 8.61. The molecule has 0 saturated carbocycles. The number of hydrogen-bond donors (Lipinski definition) is 1. The molecular weight excluding hydrogens is 232 g/mol. The molecule has 0 radical (unpaired) electrons. The molecule has 6 nitrogen and oxygen atoms in total. The number of ether oxygens (including phenoxy) is 1. The van der Waals surface area contributed by atoms with E-state index in [1.807, 2.05) is 24.3 Å². The summed E-state index contributed by atoms with van der Waals surface area (Å²) in [6.07, 6.45) is 0. The Morgan fingerprint density at radius 2 is 2.06 bits per heavy atom. The zero-order valence-corrected chi connectivity index (χ0v) is 10.3. The summed E-state index contributed by atoms with van der Waals surface area (Å²) >= 11 is 0. The van der Waals surface area contributed by atoms with Crippen LogP contribution in [0.4, 0.5) is 5.82 Å². The van der Waals surface area contributed by atoms with Crippen molar-refractivity contribution in [3.63, 3.8) is 0 Å². The third-order valence-electron chi connectivity index (χ3n) is 2.60. The summed E-state index contributed by atoms with van der Waals surface area (Å²) in [7, 11) is 1.61. The van der Waals surface area contributed by atoms with Crippen LogP contribution < -0.4 is 10.5 Å². The Bertz CT molecular complexity index is 560. The minimum absolute atomic E-state index is 0.187. The Hall–Kier alpha value is -2.37. The first-order valence-electron chi connectivity index (χ1n) is 5.44. The van der Waals surface area contributed by atoms with E-state index in [0.29, 0.717) is 12.4 Å². The number of carbonyl (C=O) groups is 1. The lowest BCUT2D eigenvalue weighted by molar-refractivity contribution is 0.101.